The van der Waals surface area contributed by atoms with E-state index in [-0.39, 0.29) is 5.57 Å². The standard InChI is InChI=1S/C22H19ClN2O3/c1-13-9-19(23)18(10-17(13)16(22(26)27)8-7-15-11-24-15)20-12-25-21(28-20)14-5-3-2-4-6-14/h2-6,8-10,12,15,24H,7,11H2,1H3,(H,26,27)/b16-8+. The largest absolute Gasteiger partial charge is 0.478 e. The van der Waals surface area contributed by atoms with E-state index in [0.29, 0.717) is 40.3 Å². The number of benzene rings is 2. The van der Waals surface area contributed by atoms with Gasteiger partial charge in [-0.1, -0.05) is 35.9 Å². The Balaban J connectivity index is 1.74. The fourth-order valence-corrected chi connectivity index (χ4v) is 3.40. The Kier molecular flexibility index (Phi) is 5.03. The van der Waals surface area contributed by atoms with Crippen molar-refractivity contribution in [2.75, 3.05) is 6.54 Å². The van der Waals surface area contributed by atoms with E-state index in [2.05, 4.69) is 10.3 Å². The summed E-state index contributed by atoms with van der Waals surface area (Å²) in [6.07, 6.45) is 4.06. The normalized spacial score (nSPS) is 16.2. The monoisotopic (exact) mass is 394 g/mol. The molecule has 0 bridgehead atoms. The second-order valence-electron chi connectivity index (χ2n) is 6.81. The molecule has 1 fully saturated rings. The molecule has 1 unspecified atom stereocenters. The van der Waals surface area contributed by atoms with Crippen molar-refractivity contribution in [2.24, 2.45) is 0 Å². The van der Waals surface area contributed by atoms with Crippen LogP contribution in [0.4, 0.5) is 0 Å². The van der Waals surface area contributed by atoms with Gasteiger partial charge in [0.2, 0.25) is 5.89 Å². The minimum Gasteiger partial charge on any atom is -0.478 e. The Hall–Kier alpha value is -2.89. The van der Waals surface area contributed by atoms with Gasteiger partial charge >= 0.3 is 5.97 Å². The fourth-order valence-electron chi connectivity index (χ4n) is 3.09. The highest BCUT2D eigenvalue weighted by molar-refractivity contribution is 6.33. The molecule has 1 saturated heterocycles. The summed E-state index contributed by atoms with van der Waals surface area (Å²) in [5.41, 5.74) is 3.18. The zero-order chi connectivity index (χ0) is 19.7. The molecule has 1 aromatic heterocycles. The molecule has 0 spiro atoms. The minimum absolute atomic E-state index is 0.270. The predicted octanol–water partition coefficient (Wildman–Crippen LogP) is 4.80. The molecule has 28 heavy (non-hydrogen) atoms. The van der Waals surface area contributed by atoms with Gasteiger partial charge in [0.1, 0.15) is 0 Å². The molecule has 1 atom stereocenters. The smallest absolute Gasteiger partial charge is 0.335 e. The third-order valence-corrected chi connectivity index (χ3v) is 5.04. The highest BCUT2D eigenvalue weighted by Crippen LogP contribution is 2.35. The summed E-state index contributed by atoms with van der Waals surface area (Å²) in [6.45, 7) is 2.78. The number of rotatable bonds is 6. The molecular weight excluding hydrogens is 376 g/mol. The highest BCUT2D eigenvalue weighted by atomic mass is 35.5. The third-order valence-electron chi connectivity index (χ3n) is 4.73. The second-order valence-corrected chi connectivity index (χ2v) is 7.21. The molecule has 1 aliphatic rings. The van der Waals surface area contributed by atoms with Gasteiger partial charge in [0.15, 0.2) is 5.76 Å². The maximum Gasteiger partial charge on any atom is 0.335 e. The molecule has 2 N–H and O–H groups in total. The topological polar surface area (TPSA) is 85.3 Å². The van der Waals surface area contributed by atoms with E-state index in [1.807, 2.05) is 37.3 Å². The van der Waals surface area contributed by atoms with Crippen LogP contribution in [0.3, 0.4) is 0 Å². The van der Waals surface area contributed by atoms with Gasteiger partial charge < -0.3 is 14.8 Å². The van der Waals surface area contributed by atoms with Crippen molar-refractivity contribution < 1.29 is 14.3 Å². The molecule has 142 valence electrons. The molecule has 0 amide bonds. The van der Waals surface area contributed by atoms with Gasteiger partial charge in [0.25, 0.3) is 0 Å². The quantitative estimate of drug-likeness (QED) is 0.463. The van der Waals surface area contributed by atoms with Crippen LogP contribution < -0.4 is 5.32 Å². The first kappa shape index (κ1) is 18.5. The first-order valence-electron chi connectivity index (χ1n) is 9.02. The average Bonchev–Trinajstić information content (AvgIpc) is 3.38. The number of halogens is 1. The number of aryl methyl sites for hydroxylation is 1. The summed E-state index contributed by atoms with van der Waals surface area (Å²) in [6, 6.07) is 13.5. The summed E-state index contributed by atoms with van der Waals surface area (Å²) in [5.74, 6) is 0.0286. The van der Waals surface area contributed by atoms with Crippen molar-refractivity contribution in [1.82, 2.24) is 10.3 Å². The van der Waals surface area contributed by atoms with E-state index in [9.17, 15) is 9.90 Å². The van der Waals surface area contributed by atoms with E-state index in [1.165, 1.54) is 0 Å². The lowest BCUT2D eigenvalue weighted by Gasteiger charge is -2.11. The van der Waals surface area contributed by atoms with Crippen LogP contribution >= 0.6 is 11.6 Å². The number of carboxylic acid groups (broad SMARTS) is 1. The van der Waals surface area contributed by atoms with Crippen molar-refractivity contribution in [3.63, 3.8) is 0 Å². The Bertz CT molecular complexity index is 1050. The van der Waals surface area contributed by atoms with E-state index >= 15 is 0 Å². The molecule has 2 aromatic carbocycles. The number of nitrogens with zero attached hydrogens (tertiary/aromatic N) is 1. The number of carbonyl (C=O) groups is 1. The molecule has 0 radical (unpaired) electrons. The van der Waals surface area contributed by atoms with Crippen molar-refractivity contribution >= 4 is 23.1 Å². The molecule has 5 nitrogen and oxygen atoms in total. The molecular formula is C22H19ClN2O3. The lowest BCUT2D eigenvalue weighted by atomic mass is 9.96. The summed E-state index contributed by atoms with van der Waals surface area (Å²) in [4.78, 5) is 16.2. The van der Waals surface area contributed by atoms with Gasteiger partial charge in [-0.25, -0.2) is 9.78 Å². The number of carboxylic acids is 1. The Labute approximate surface area is 167 Å². The van der Waals surface area contributed by atoms with Crippen LogP contribution in [0.15, 0.2) is 59.2 Å². The average molecular weight is 395 g/mol. The molecule has 2 heterocycles. The van der Waals surface area contributed by atoms with Crippen molar-refractivity contribution in [3.8, 4) is 22.8 Å². The van der Waals surface area contributed by atoms with E-state index < -0.39 is 5.97 Å². The van der Waals surface area contributed by atoms with Gasteiger partial charge in [-0.3, -0.25) is 0 Å². The van der Waals surface area contributed by atoms with E-state index in [0.717, 1.165) is 17.7 Å². The third kappa shape index (κ3) is 3.86. The Morgan fingerprint density at radius 1 is 1.36 bits per heavy atom. The number of hydrogen-bond donors (Lipinski definition) is 2. The van der Waals surface area contributed by atoms with Gasteiger partial charge in [0, 0.05) is 23.7 Å². The van der Waals surface area contributed by atoms with Crippen LogP contribution in [0.1, 0.15) is 17.5 Å². The number of nitrogens with one attached hydrogen (secondary N) is 1. The molecule has 1 aliphatic heterocycles. The number of oxazole rings is 1. The van der Waals surface area contributed by atoms with Crippen molar-refractivity contribution in [3.05, 3.63) is 70.9 Å². The first-order chi connectivity index (χ1) is 13.5. The number of hydrogen-bond acceptors (Lipinski definition) is 4. The van der Waals surface area contributed by atoms with Crippen molar-refractivity contribution in [1.29, 1.82) is 0 Å². The van der Waals surface area contributed by atoms with Crippen LogP contribution in [0.25, 0.3) is 28.4 Å². The SMILES string of the molecule is Cc1cc(Cl)c(-c2cnc(-c3ccccc3)o2)cc1/C(=C\CC1CN1)C(=O)O. The highest BCUT2D eigenvalue weighted by Gasteiger charge is 2.22. The maximum atomic E-state index is 11.8. The zero-order valence-electron chi connectivity index (χ0n) is 15.3. The zero-order valence-corrected chi connectivity index (χ0v) is 16.0. The van der Waals surface area contributed by atoms with Crippen LogP contribution in [0.2, 0.25) is 5.02 Å². The van der Waals surface area contributed by atoms with Crippen LogP contribution in [0, 0.1) is 6.92 Å². The fraction of sp³-hybridized carbons (Fsp3) is 0.182. The van der Waals surface area contributed by atoms with Gasteiger partial charge in [-0.15, -0.1) is 0 Å². The van der Waals surface area contributed by atoms with Gasteiger partial charge in [0.05, 0.1) is 16.8 Å². The molecule has 4 rings (SSSR count). The lowest BCUT2D eigenvalue weighted by molar-refractivity contribution is -0.130. The van der Waals surface area contributed by atoms with E-state index in [1.54, 1.807) is 24.4 Å². The van der Waals surface area contributed by atoms with Gasteiger partial charge in [-0.05, 0) is 48.7 Å². The van der Waals surface area contributed by atoms with Crippen LogP contribution in [-0.4, -0.2) is 28.6 Å². The summed E-state index contributed by atoms with van der Waals surface area (Å²) in [5, 5.41) is 13.4. The second kappa shape index (κ2) is 7.62. The lowest BCUT2D eigenvalue weighted by Crippen LogP contribution is -2.03. The molecule has 6 heteroatoms. The summed E-state index contributed by atoms with van der Waals surface area (Å²) in [7, 11) is 0. The maximum absolute atomic E-state index is 11.8. The summed E-state index contributed by atoms with van der Waals surface area (Å²) >= 11 is 6.45. The summed E-state index contributed by atoms with van der Waals surface area (Å²) < 4.78 is 5.91. The van der Waals surface area contributed by atoms with Gasteiger partial charge in [-0.2, -0.15) is 0 Å². The molecule has 0 saturated carbocycles. The molecule has 0 aliphatic carbocycles. The number of aliphatic carboxylic acids is 1. The molecule has 3 aromatic rings. The minimum atomic E-state index is -0.959. The van der Waals surface area contributed by atoms with E-state index in [4.69, 9.17) is 16.0 Å². The first-order valence-corrected chi connectivity index (χ1v) is 9.39. The predicted molar refractivity (Wildman–Crippen MR) is 109 cm³/mol. The van der Waals surface area contributed by atoms with Crippen LogP contribution in [0.5, 0.6) is 0 Å². The Morgan fingerprint density at radius 3 is 2.79 bits per heavy atom. The van der Waals surface area contributed by atoms with Crippen LogP contribution in [-0.2, 0) is 4.79 Å². The number of aromatic nitrogens is 1. The van der Waals surface area contributed by atoms with Crippen molar-refractivity contribution in [2.45, 2.75) is 19.4 Å². The Morgan fingerprint density at radius 2 is 2.11 bits per heavy atom.